The summed E-state index contributed by atoms with van der Waals surface area (Å²) in [6.07, 6.45) is 5.33. The molecule has 0 aromatic rings. The van der Waals surface area contributed by atoms with Crippen LogP contribution in [0.25, 0.3) is 0 Å². The molecule has 2 N–H and O–H groups in total. The summed E-state index contributed by atoms with van der Waals surface area (Å²) in [5.41, 5.74) is 0. The molecular weight excluding hydrogens is 170 g/mol. The number of aliphatic hydroxyl groups excluding tert-OH is 1. The SMILES string of the molecule is CSCCNCC1CCC(O)C1. The molecule has 0 spiro atoms. The molecule has 12 heavy (non-hydrogen) atoms. The van der Waals surface area contributed by atoms with Crippen molar-refractivity contribution in [3.8, 4) is 0 Å². The van der Waals surface area contributed by atoms with Gasteiger partial charge in [0, 0.05) is 12.3 Å². The fourth-order valence-corrected chi connectivity index (χ4v) is 2.06. The fraction of sp³-hybridized carbons (Fsp3) is 1.00. The first-order valence-electron chi connectivity index (χ1n) is 4.70. The minimum Gasteiger partial charge on any atom is -0.393 e. The van der Waals surface area contributed by atoms with Crippen LogP contribution in [0.1, 0.15) is 19.3 Å². The Kier molecular flexibility index (Phi) is 5.04. The third-order valence-corrected chi connectivity index (χ3v) is 3.04. The lowest BCUT2D eigenvalue weighted by Gasteiger charge is -2.09. The minimum atomic E-state index is -0.0163. The predicted octanol–water partition coefficient (Wildman–Crippen LogP) is 1.10. The van der Waals surface area contributed by atoms with E-state index in [2.05, 4.69) is 11.6 Å². The van der Waals surface area contributed by atoms with E-state index in [4.69, 9.17) is 0 Å². The highest BCUT2D eigenvalue weighted by molar-refractivity contribution is 7.98. The Morgan fingerprint density at radius 3 is 2.92 bits per heavy atom. The zero-order valence-corrected chi connectivity index (χ0v) is 8.57. The van der Waals surface area contributed by atoms with Gasteiger partial charge >= 0.3 is 0 Å². The second-order valence-corrected chi connectivity index (χ2v) is 4.52. The van der Waals surface area contributed by atoms with Gasteiger partial charge in [-0.1, -0.05) is 0 Å². The van der Waals surface area contributed by atoms with Gasteiger partial charge in [0.1, 0.15) is 0 Å². The zero-order chi connectivity index (χ0) is 8.81. The molecule has 2 atom stereocenters. The van der Waals surface area contributed by atoms with E-state index in [1.165, 1.54) is 12.2 Å². The summed E-state index contributed by atoms with van der Waals surface area (Å²) in [4.78, 5) is 0. The van der Waals surface area contributed by atoms with Gasteiger partial charge in [-0.3, -0.25) is 0 Å². The first-order valence-corrected chi connectivity index (χ1v) is 6.10. The van der Waals surface area contributed by atoms with Crippen LogP contribution in [0.3, 0.4) is 0 Å². The summed E-state index contributed by atoms with van der Waals surface area (Å²) in [6.45, 7) is 2.20. The van der Waals surface area contributed by atoms with Gasteiger partial charge in [0.05, 0.1) is 6.10 Å². The van der Waals surface area contributed by atoms with Gasteiger partial charge in [-0.2, -0.15) is 11.8 Å². The van der Waals surface area contributed by atoms with Crippen LogP contribution < -0.4 is 5.32 Å². The summed E-state index contributed by atoms with van der Waals surface area (Å²) in [5.74, 6) is 1.91. The Bertz CT molecular complexity index is 121. The number of rotatable bonds is 5. The van der Waals surface area contributed by atoms with Gasteiger partial charge in [-0.25, -0.2) is 0 Å². The standard InChI is InChI=1S/C9H19NOS/c1-12-5-4-10-7-8-2-3-9(11)6-8/h8-11H,2-7H2,1H3. The van der Waals surface area contributed by atoms with Crippen molar-refractivity contribution >= 4 is 11.8 Å². The first-order chi connectivity index (χ1) is 5.83. The van der Waals surface area contributed by atoms with Crippen LogP contribution >= 0.6 is 11.8 Å². The molecule has 0 radical (unpaired) electrons. The molecule has 0 bridgehead atoms. The van der Waals surface area contributed by atoms with Crippen molar-refractivity contribution in [3.05, 3.63) is 0 Å². The van der Waals surface area contributed by atoms with E-state index in [1.807, 2.05) is 11.8 Å². The minimum absolute atomic E-state index is 0.0163. The molecular formula is C9H19NOS. The highest BCUT2D eigenvalue weighted by Crippen LogP contribution is 2.24. The smallest absolute Gasteiger partial charge is 0.0543 e. The number of aliphatic hydroxyl groups is 1. The molecule has 0 amide bonds. The lowest BCUT2D eigenvalue weighted by atomic mass is 10.1. The Balaban J connectivity index is 1.93. The molecule has 0 aliphatic heterocycles. The van der Waals surface area contributed by atoms with E-state index >= 15 is 0 Å². The van der Waals surface area contributed by atoms with Gasteiger partial charge in [0.25, 0.3) is 0 Å². The van der Waals surface area contributed by atoms with Crippen molar-refractivity contribution in [2.75, 3.05) is 25.1 Å². The largest absolute Gasteiger partial charge is 0.393 e. The van der Waals surface area contributed by atoms with Gasteiger partial charge in [0.15, 0.2) is 0 Å². The molecule has 1 saturated carbocycles. The third-order valence-electron chi connectivity index (χ3n) is 2.43. The van der Waals surface area contributed by atoms with Crippen molar-refractivity contribution in [1.29, 1.82) is 0 Å². The molecule has 0 aromatic heterocycles. The predicted molar refractivity (Wildman–Crippen MR) is 54.6 cm³/mol. The van der Waals surface area contributed by atoms with Crippen LogP contribution in [-0.4, -0.2) is 36.3 Å². The number of hydrogen-bond donors (Lipinski definition) is 2. The van der Waals surface area contributed by atoms with Crippen molar-refractivity contribution < 1.29 is 5.11 Å². The molecule has 72 valence electrons. The van der Waals surface area contributed by atoms with E-state index in [0.29, 0.717) is 0 Å². The van der Waals surface area contributed by atoms with Crippen LogP contribution in [0.5, 0.6) is 0 Å². The third kappa shape index (κ3) is 3.78. The molecule has 1 fully saturated rings. The number of hydrogen-bond acceptors (Lipinski definition) is 3. The Labute approximate surface area is 79.1 Å². The van der Waals surface area contributed by atoms with E-state index < -0.39 is 0 Å². The quantitative estimate of drug-likeness (QED) is 0.635. The van der Waals surface area contributed by atoms with Crippen LogP contribution in [0.15, 0.2) is 0 Å². The Morgan fingerprint density at radius 2 is 2.33 bits per heavy atom. The topological polar surface area (TPSA) is 32.3 Å². The average Bonchev–Trinajstić information content (AvgIpc) is 2.45. The van der Waals surface area contributed by atoms with Gasteiger partial charge < -0.3 is 10.4 Å². The second kappa shape index (κ2) is 5.84. The molecule has 2 unspecified atom stereocenters. The number of thioether (sulfide) groups is 1. The lowest BCUT2D eigenvalue weighted by Crippen LogP contribution is -2.23. The molecule has 0 heterocycles. The van der Waals surface area contributed by atoms with E-state index in [0.717, 1.165) is 31.8 Å². The van der Waals surface area contributed by atoms with Crippen LogP contribution in [-0.2, 0) is 0 Å². The molecule has 1 aliphatic rings. The van der Waals surface area contributed by atoms with Crippen LogP contribution in [0.2, 0.25) is 0 Å². The average molecular weight is 189 g/mol. The normalized spacial score (nSPS) is 29.5. The summed E-state index contributed by atoms with van der Waals surface area (Å²) in [7, 11) is 0. The molecule has 2 nitrogen and oxygen atoms in total. The fourth-order valence-electron chi connectivity index (χ4n) is 1.71. The van der Waals surface area contributed by atoms with Crippen molar-refractivity contribution in [1.82, 2.24) is 5.32 Å². The molecule has 0 saturated heterocycles. The van der Waals surface area contributed by atoms with E-state index in [9.17, 15) is 5.11 Å². The van der Waals surface area contributed by atoms with Crippen LogP contribution in [0.4, 0.5) is 0 Å². The molecule has 1 rings (SSSR count). The lowest BCUT2D eigenvalue weighted by molar-refractivity contribution is 0.177. The maximum Gasteiger partial charge on any atom is 0.0543 e. The monoisotopic (exact) mass is 189 g/mol. The Morgan fingerprint density at radius 1 is 1.50 bits per heavy atom. The highest BCUT2D eigenvalue weighted by Gasteiger charge is 2.21. The van der Waals surface area contributed by atoms with Crippen molar-refractivity contribution in [3.63, 3.8) is 0 Å². The first kappa shape index (κ1) is 10.4. The summed E-state index contributed by atoms with van der Waals surface area (Å²) < 4.78 is 0. The zero-order valence-electron chi connectivity index (χ0n) is 7.75. The van der Waals surface area contributed by atoms with Gasteiger partial charge in [0.2, 0.25) is 0 Å². The molecule has 3 heteroatoms. The summed E-state index contributed by atoms with van der Waals surface area (Å²) >= 11 is 1.87. The van der Waals surface area contributed by atoms with Crippen LogP contribution in [0, 0.1) is 5.92 Å². The maximum absolute atomic E-state index is 9.27. The molecule has 1 aliphatic carbocycles. The maximum atomic E-state index is 9.27. The summed E-state index contributed by atoms with van der Waals surface area (Å²) in [5, 5.41) is 12.7. The van der Waals surface area contributed by atoms with Crippen molar-refractivity contribution in [2.45, 2.75) is 25.4 Å². The van der Waals surface area contributed by atoms with Gasteiger partial charge in [-0.15, -0.1) is 0 Å². The van der Waals surface area contributed by atoms with Gasteiger partial charge in [-0.05, 0) is 38.0 Å². The Hall–Kier alpha value is 0.270. The van der Waals surface area contributed by atoms with Crippen molar-refractivity contribution in [2.24, 2.45) is 5.92 Å². The number of nitrogens with one attached hydrogen (secondary N) is 1. The van der Waals surface area contributed by atoms with E-state index in [1.54, 1.807) is 0 Å². The van der Waals surface area contributed by atoms with E-state index in [-0.39, 0.29) is 6.10 Å². The molecule has 0 aromatic carbocycles. The summed E-state index contributed by atoms with van der Waals surface area (Å²) in [6, 6.07) is 0. The highest BCUT2D eigenvalue weighted by atomic mass is 32.2. The second-order valence-electron chi connectivity index (χ2n) is 3.53.